The van der Waals surface area contributed by atoms with Crippen molar-refractivity contribution in [3.8, 4) is 5.75 Å². The topological polar surface area (TPSA) is 55.4 Å². The highest BCUT2D eigenvalue weighted by Gasteiger charge is 2.16. The maximum absolute atomic E-state index is 12.1. The quantitative estimate of drug-likeness (QED) is 0.698. The van der Waals surface area contributed by atoms with E-state index in [9.17, 15) is 9.59 Å². The van der Waals surface area contributed by atoms with E-state index in [2.05, 4.69) is 12.2 Å². The summed E-state index contributed by atoms with van der Waals surface area (Å²) in [4.78, 5) is 23.5. The van der Waals surface area contributed by atoms with Crippen LogP contribution in [0.4, 0.5) is 5.69 Å². The molecular formula is C18H17NO3. The molecule has 22 heavy (non-hydrogen) atoms. The number of carbonyl (C=O) groups excluding carboxylic acids is 2. The number of amides is 1. The Morgan fingerprint density at radius 1 is 1.14 bits per heavy atom. The molecule has 112 valence electrons. The maximum Gasteiger partial charge on any atom is 0.343 e. The minimum Gasteiger partial charge on any atom is -0.423 e. The molecule has 0 spiro atoms. The van der Waals surface area contributed by atoms with E-state index in [-0.39, 0.29) is 11.9 Å². The molecule has 0 radical (unpaired) electrons. The van der Waals surface area contributed by atoms with Gasteiger partial charge < -0.3 is 10.1 Å². The molecule has 1 aliphatic rings. The molecule has 0 bridgehead atoms. The Kier molecular flexibility index (Phi) is 3.92. The third-order valence-electron chi connectivity index (χ3n) is 3.78. The SMILES string of the molecule is CCc1ccc(C(=O)Oc2ccc3c(c2)CCC(=O)N3)cc1. The highest BCUT2D eigenvalue weighted by molar-refractivity contribution is 5.94. The molecule has 2 aromatic rings. The third-order valence-corrected chi connectivity index (χ3v) is 3.78. The second-order valence-corrected chi connectivity index (χ2v) is 5.31. The van der Waals surface area contributed by atoms with E-state index in [1.807, 2.05) is 18.2 Å². The summed E-state index contributed by atoms with van der Waals surface area (Å²) in [6.07, 6.45) is 2.06. The van der Waals surface area contributed by atoms with Crippen LogP contribution in [0.1, 0.15) is 34.8 Å². The van der Waals surface area contributed by atoms with Crippen LogP contribution in [0.3, 0.4) is 0 Å². The smallest absolute Gasteiger partial charge is 0.343 e. The van der Waals surface area contributed by atoms with Gasteiger partial charge in [0, 0.05) is 12.1 Å². The number of ether oxygens (including phenoxy) is 1. The zero-order chi connectivity index (χ0) is 15.5. The monoisotopic (exact) mass is 295 g/mol. The number of hydrogen-bond donors (Lipinski definition) is 1. The number of nitrogens with one attached hydrogen (secondary N) is 1. The van der Waals surface area contributed by atoms with Gasteiger partial charge in [0.05, 0.1) is 5.56 Å². The molecule has 1 amide bonds. The lowest BCUT2D eigenvalue weighted by molar-refractivity contribution is -0.116. The summed E-state index contributed by atoms with van der Waals surface area (Å²) in [7, 11) is 0. The van der Waals surface area contributed by atoms with Gasteiger partial charge in [0.25, 0.3) is 0 Å². The Bertz CT molecular complexity index is 720. The van der Waals surface area contributed by atoms with Gasteiger partial charge in [0.1, 0.15) is 5.75 Å². The van der Waals surface area contributed by atoms with Gasteiger partial charge in [-0.25, -0.2) is 4.79 Å². The molecule has 0 saturated carbocycles. The van der Waals surface area contributed by atoms with Crippen molar-refractivity contribution in [1.29, 1.82) is 0 Å². The number of benzene rings is 2. The molecule has 0 aliphatic carbocycles. The molecule has 0 unspecified atom stereocenters. The van der Waals surface area contributed by atoms with E-state index in [4.69, 9.17) is 4.74 Å². The van der Waals surface area contributed by atoms with E-state index >= 15 is 0 Å². The summed E-state index contributed by atoms with van der Waals surface area (Å²) in [5.41, 5.74) is 3.50. The Labute approximate surface area is 129 Å². The van der Waals surface area contributed by atoms with Crippen molar-refractivity contribution in [2.75, 3.05) is 5.32 Å². The predicted octanol–water partition coefficient (Wildman–Crippen LogP) is 3.35. The van der Waals surface area contributed by atoms with Gasteiger partial charge in [-0.15, -0.1) is 0 Å². The minimum atomic E-state index is -0.373. The van der Waals surface area contributed by atoms with Crippen molar-refractivity contribution in [2.45, 2.75) is 26.2 Å². The van der Waals surface area contributed by atoms with Crippen molar-refractivity contribution in [3.05, 3.63) is 59.2 Å². The molecule has 0 saturated heterocycles. The van der Waals surface area contributed by atoms with Crippen LogP contribution in [0.25, 0.3) is 0 Å². The molecule has 1 heterocycles. The van der Waals surface area contributed by atoms with Crippen LogP contribution in [0.5, 0.6) is 5.75 Å². The van der Waals surface area contributed by atoms with Crippen LogP contribution < -0.4 is 10.1 Å². The Balaban J connectivity index is 1.75. The van der Waals surface area contributed by atoms with Crippen molar-refractivity contribution >= 4 is 17.6 Å². The highest BCUT2D eigenvalue weighted by atomic mass is 16.5. The fourth-order valence-electron chi connectivity index (χ4n) is 2.47. The summed E-state index contributed by atoms with van der Waals surface area (Å²) in [5.74, 6) is 0.148. The first-order chi connectivity index (χ1) is 10.7. The van der Waals surface area contributed by atoms with E-state index < -0.39 is 0 Å². The van der Waals surface area contributed by atoms with Crippen LogP contribution in [-0.4, -0.2) is 11.9 Å². The predicted molar refractivity (Wildman–Crippen MR) is 84.2 cm³/mol. The Hall–Kier alpha value is -2.62. The van der Waals surface area contributed by atoms with Gasteiger partial charge in [-0.2, -0.15) is 0 Å². The van der Waals surface area contributed by atoms with Gasteiger partial charge in [-0.1, -0.05) is 19.1 Å². The summed E-state index contributed by atoms with van der Waals surface area (Å²) in [6, 6.07) is 12.7. The Morgan fingerprint density at radius 3 is 2.64 bits per heavy atom. The lowest BCUT2D eigenvalue weighted by Gasteiger charge is -2.17. The standard InChI is InChI=1S/C18H17NO3/c1-2-12-3-5-13(6-4-12)18(21)22-15-8-9-16-14(11-15)7-10-17(20)19-16/h3-6,8-9,11H,2,7,10H2,1H3,(H,19,20). The molecular weight excluding hydrogens is 278 g/mol. The van der Waals surface area contributed by atoms with Gasteiger partial charge in [0.15, 0.2) is 0 Å². The lowest BCUT2D eigenvalue weighted by Crippen LogP contribution is -2.19. The fourth-order valence-corrected chi connectivity index (χ4v) is 2.47. The van der Waals surface area contributed by atoms with Gasteiger partial charge in [-0.05, 0) is 54.3 Å². The van der Waals surface area contributed by atoms with Crippen LogP contribution in [-0.2, 0) is 17.6 Å². The number of aryl methyl sites for hydroxylation is 2. The van der Waals surface area contributed by atoms with Crippen molar-refractivity contribution in [1.82, 2.24) is 0 Å². The van der Waals surface area contributed by atoms with Gasteiger partial charge >= 0.3 is 5.97 Å². The minimum absolute atomic E-state index is 0.0215. The van der Waals surface area contributed by atoms with E-state index in [1.165, 1.54) is 5.56 Å². The second-order valence-electron chi connectivity index (χ2n) is 5.31. The molecule has 0 fully saturated rings. The second kappa shape index (κ2) is 6.02. The molecule has 4 nitrogen and oxygen atoms in total. The summed E-state index contributed by atoms with van der Waals surface area (Å²) < 4.78 is 5.42. The van der Waals surface area contributed by atoms with Crippen LogP contribution in [0.2, 0.25) is 0 Å². The first-order valence-corrected chi connectivity index (χ1v) is 7.39. The number of anilines is 1. The van der Waals surface area contributed by atoms with E-state index in [0.717, 1.165) is 17.7 Å². The van der Waals surface area contributed by atoms with Crippen molar-refractivity contribution in [3.63, 3.8) is 0 Å². The largest absolute Gasteiger partial charge is 0.423 e. The summed E-state index contributed by atoms with van der Waals surface area (Å²) in [5, 5.41) is 2.81. The van der Waals surface area contributed by atoms with Crippen molar-refractivity contribution < 1.29 is 14.3 Å². The highest BCUT2D eigenvalue weighted by Crippen LogP contribution is 2.27. The molecule has 2 aromatic carbocycles. The maximum atomic E-state index is 12.1. The fraction of sp³-hybridized carbons (Fsp3) is 0.222. The average molecular weight is 295 g/mol. The number of carbonyl (C=O) groups is 2. The van der Waals surface area contributed by atoms with Crippen LogP contribution >= 0.6 is 0 Å². The number of hydrogen-bond acceptors (Lipinski definition) is 3. The van der Waals surface area contributed by atoms with Gasteiger partial charge in [0.2, 0.25) is 5.91 Å². The van der Waals surface area contributed by atoms with Gasteiger partial charge in [-0.3, -0.25) is 4.79 Å². The molecule has 0 atom stereocenters. The molecule has 4 heteroatoms. The molecule has 1 N–H and O–H groups in total. The molecule has 3 rings (SSSR count). The van der Waals surface area contributed by atoms with Crippen molar-refractivity contribution in [2.24, 2.45) is 0 Å². The first kappa shape index (κ1) is 14.3. The first-order valence-electron chi connectivity index (χ1n) is 7.39. The molecule has 0 aromatic heterocycles. The number of rotatable bonds is 3. The number of fused-ring (bicyclic) bond motifs is 1. The average Bonchev–Trinajstić information content (AvgIpc) is 2.55. The van der Waals surface area contributed by atoms with Crippen LogP contribution in [0, 0.1) is 0 Å². The molecule has 1 aliphatic heterocycles. The summed E-state index contributed by atoms with van der Waals surface area (Å²) >= 11 is 0. The normalized spacial score (nSPS) is 13.2. The van der Waals surface area contributed by atoms with E-state index in [1.54, 1.807) is 24.3 Å². The zero-order valence-corrected chi connectivity index (χ0v) is 12.4. The number of esters is 1. The third kappa shape index (κ3) is 3.01. The Morgan fingerprint density at radius 2 is 1.91 bits per heavy atom. The van der Waals surface area contributed by atoms with E-state index in [0.29, 0.717) is 24.2 Å². The van der Waals surface area contributed by atoms with Crippen LogP contribution in [0.15, 0.2) is 42.5 Å². The lowest BCUT2D eigenvalue weighted by atomic mass is 10.0. The zero-order valence-electron chi connectivity index (χ0n) is 12.4. The summed E-state index contributed by atoms with van der Waals surface area (Å²) in [6.45, 7) is 2.07.